The number of rotatable bonds is 6. The summed E-state index contributed by atoms with van der Waals surface area (Å²) in [6.45, 7) is 6.71. The lowest BCUT2D eigenvalue weighted by Crippen LogP contribution is -2.45. The second-order valence-electron chi connectivity index (χ2n) is 6.07. The van der Waals surface area contributed by atoms with Gasteiger partial charge in [0.2, 0.25) is 0 Å². The SMILES string of the molecule is Cc1cc([N+](=O)[O-])c(C)cc1NC(=O)NC(C)(C)CCC(=O)O. The highest BCUT2D eigenvalue weighted by Gasteiger charge is 2.22. The highest BCUT2D eigenvalue weighted by atomic mass is 16.6. The number of carboxylic acid groups (broad SMARTS) is 1. The van der Waals surface area contributed by atoms with Crippen LogP contribution in [0.15, 0.2) is 12.1 Å². The van der Waals surface area contributed by atoms with Crippen molar-refractivity contribution >= 4 is 23.4 Å². The predicted molar refractivity (Wildman–Crippen MR) is 85.7 cm³/mol. The lowest BCUT2D eigenvalue weighted by atomic mass is 9.99. The summed E-state index contributed by atoms with van der Waals surface area (Å²) in [5, 5.41) is 24.9. The highest BCUT2D eigenvalue weighted by molar-refractivity contribution is 5.91. The number of nitro benzene ring substituents is 1. The van der Waals surface area contributed by atoms with Crippen LogP contribution in [0.1, 0.15) is 37.8 Å². The molecule has 0 saturated heterocycles. The number of anilines is 1. The molecule has 23 heavy (non-hydrogen) atoms. The number of hydrogen-bond donors (Lipinski definition) is 3. The topological polar surface area (TPSA) is 122 Å². The van der Waals surface area contributed by atoms with Crippen molar-refractivity contribution in [2.75, 3.05) is 5.32 Å². The van der Waals surface area contributed by atoms with E-state index in [0.717, 1.165) is 0 Å². The smallest absolute Gasteiger partial charge is 0.319 e. The molecule has 0 aliphatic rings. The summed E-state index contributed by atoms with van der Waals surface area (Å²) in [4.78, 5) is 33.1. The summed E-state index contributed by atoms with van der Waals surface area (Å²) >= 11 is 0. The van der Waals surface area contributed by atoms with Crippen LogP contribution in [-0.2, 0) is 4.79 Å². The largest absolute Gasteiger partial charge is 0.481 e. The van der Waals surface area contributed by atoms with Gasteiger partial charge >= 0.3 is 12.0 Å². The highest BCUT2D eigenvalue weighted by Crippen LogP contribution is 2.26. The van der Waals surface area contributed by atoms with E-state index in [4.69, 9.17) is 5.11 Å². The van der Waals surface area contributed by atoms with Gasteiger partial charge in [-0.3, -0.25) is 14.9 Å². The molecule has 0 heterocycles. The van der Waals surface area contributed by atoms with E-state index in [2.05, 4.69) is 10.6 Å². The third kappa shape index (κ3) is 5.57. The Kier molecular flexibility index (Phi) is 5.67. The number of aryl methyl sites for hydroxylation is 2. The number of hydrogen-bond acceptors (Lipinski definition) is 4. The van der Waals surface area contributed by atoms with Crippen molar-refractivity contribution < 1.29 is 19.6 Å². The molecule has 1 aromatic carbocycles. The Morgan fingerprint density at radius 1 is 1.26 bits per heavy atom. The van der Waals surface area contributed by atoms with Crippen molar-refractivity contribution in [2.24, 2.45) is 0 Å². The van der Waals surface area contributed by atoms with Gasteiger partial charge in [-0.05, 0) is 45.7 Å². The minimum atomic E-state index is -0.929. The number of urea groups is 1. The fourth-order valence-electron chi connectivity index (χ4n) is 2.08. The molecule has 0 unspecified atom stereocenters. The molecule has 0 aliphatic carbocycles. The van der Waals surface area contributed by atoms with E-state index in [9.17, 15) is 19.7 Å². The molecule has 0 atom stereocenters. The van der Waals surface area contributed by atoms with Gasteiger partial charge in [0.1, 0.15) is 0 Å². The summed E-state index contributed by atoms with van der Waals surface area (Å²) in [5.74, 6) is -0.929. The van der Waals surface area contributed by atoms with Crippen molar-refractivity contribution in [3.63, 3.8) is 0 Å². The molecule has 0 bridgehead atoms. The van der Waals surface area contributed by atoms with E-state index in [1.54, 1.807) is 27.7 Å². The zero-order valence-electron chi connectivity index (χ0n) is 13.6. The Labute approximate surface area is 134 Å². The Hall–Kier alpha value is -2.64. The minimum Gasteiger partial charge on any atom is -0.481 e. The molecule has 8 heteroatoms. The number of carboxylic acids is 1. The summed E-state index contributed by atoms with van der Waals surface area (Å²) in [7, 11) is 0. The molecule has 0 aromatic heterocycles. The number of carbonyl (C=O) groups is 2. The maximum absolute atomic E-state index is 12.1. The molecule has 2 amide bonds. The van der Waals surface area contributed by atoms with Gasteiger partial charge in [0.05, 0.1) is 4.92 Å². The van der Waals surface area contributed by atoms with Crippen LogP contribution in [0.3, 0.4) is 0 Å². The molecule has 0 spiro atoms. The number of nitro groups is 1. The average molecular weight is 323 g/mol. The Bertz CT molecular complexity index is 640. The predicted octanol–water partition coefficient (Wildman–Crippen LogP) is 2.98. The van der Waals surface area contributed by atoms with Gasteiger partial charge in [0.15, 0.2) is 0 Å². The third-order valence-electron chi connectivity index (χ3n) is 3.40. The van der Waals surface area contributed by atoms with Crippen LogP contribution in [0, 0.1) is 24.0 Å². The number of nitrogens with zero attached hydrogens (tertiary/aromatic N) is 1. The summed E-state index contributed by atoms with van der Waals surface area (Å²) in [6.07, 6.45) is 0.233. The standard InChI is InChI=1S/C15H21N3O5/c1-9-8-12(18(22)23)10(2)7-11(9)16-14(21)17-15(3,4)6-5-13(19)20/h7-8H,5-6H2,1-4H3,(H,19,20)(H2,16,17,21). The molecule has 126 valence electrons. The summed E-state index contributed by atoms with van der Waals surface area (Å²) < 4.78 is 0. The van der Waals surface area contributed by atoms with Crippen molar-refractivity contribution in [1.82, 2.24) is 5.32 Å². The lowest BCUT2D eigenvalue weighted by Gasteiger charge is -2.26. The molecular weight excluding hydrogens is 302 g/mol. The molecule has 1 rings (SSSR count). The Balaban J connectivity index is 2.80. The van der Waals surface area contributed by atoms with Gasteiger partial charge in [-0.15, -0.1) is 0 Å². The minimum absolute atomic E-state index is 0.00440. The lowest BCUT2D eigenvalue weighted by molar-refractivity contribution is -0.385. The maximum Gasteiger partial charge on any atom is 0.319 e. The van der Waals surface area contributed by atoms with E-state index in [-0.39, 0.29) is 18.5 Å². The van der Waals surface area contributed by atoms with E-state index in [1.807, 2.05) is 0 Å². The number of amides is 2. The molecule has 8 nitrogen and oxygen atoms in total. The Morgan fingerprint density at radius 3 is 2.39 bits per heavy atom. The zero-order valence-corrected chi connectivity index (χ0v) is 13.6. The molecule has 3 N–H and O–H groups in total. The molecule has 0 saturated carbocycles. The van der Waals surface area contributed by atoms with Crippen LogP contribution in [-0.4, -0.2) is 27.6 Å². The van der Waals surface area contributed by atoms with E-state index in [1.165, 1.54) is 12.1 Å². The Morgan fingerprint density at radius 2 is 1.87 bits per heavy atom. The normalized spacial score (nSPS) is 11.0. The van der Waals surface area contributed by atoms with Crippen LogP contribution in [0.25, 0.3) is 0 Å². The number of benzene rings is 1. The number of nitrogens with one attached hydrogen (secondary N) is 2. The van der Waals surface area contributed by atoms with Crippen molar-refractivity contribution in [1.29, 1.82) is 0 Å². The van der Waals surface area contributed by atoms with Crippen LogP contribution < -0.4 is 10.6 Å². The van der Waals surface area contributed by atoms with Crippen molar-refractivity contribution in [3.8, 4) is 0 Å². The molecule has 1 aromatic rings. The van der Waals surface area contributed by atoms with Crippen LogP contribution >= 0.6 is 0 Å². The average Bonchev–Trinajstić information content (AvgIpc) is 2.39. The third-order valence-corrected chi connectivity index (χ3v) is 3.40. The van der Waals surface area contributed by atoms with Gasteiger partial charge in [-0.25, -0.2) is 4.79 Å². The molecular formula is C15H21N3O5. The second-order valence-corrected chi connectivity index (χ2v) is 6.07. The van der Waals surface area contributed by atoms with Crippen molar-refractivity contribution in [2.45, 2.75) is 46.1 Å². The van der Waals surface area contributed by atoms with Gasteiger partial charge < -0.3 is 15.7 Å². The fraction of sp³-hybridized carbons (Fsp3) is 0.467. The molecule has 0 fully saturated rings. The second kappa shape index (κ2) is 7.08. The van der Waals surface area contributed by atoms with Crippen LogP contribution in [0.5, 0.6) is 0 Å². The quantitative estimate of drug-likeness (QED) is 0.549. The van der Waals surface area contributed by atoms with Gasteiger partial charge in [0, 0.05) is 29.3 Å². The fourth-order valence-corrected chi connectivity index (χ4v) is 2.08. The molecule has 0 radical (unpaired) electrons. The summed E-state index contributed by atoms with van der Waals surface area (Å²) in [6, 6.07) is 2.45. The first-order valence-corrected chi connectivity index (χ1v) is 7.08. The summed E-state index contributed by atoms with van der Waals surface area (Å²) in [5.41, 5.74) is 0.795. The van der Waals surface area contributed by atoms with Gasteiger partial charge in [-0.2, -0.15) is 0 Å². The maximum atomic E-state index is 12.1. The first-order valence-electron chi connectivity index (χ1n) is 7.08. The van der Waals surface area contributed by atoms with Crippen LogP contribution in [0.4, 0.5) is 16.2 Å². The van der Waals surface area contributed by atoms with E-state index < -0.39 is 22.5 Å². The van der Waals surface area contributed by atoms with Crippen LogP contribution in [0.2, 0.25) is 0 Å². The van der Waals surface area contributed by atoms with E-state index in [0.29, 0.717) is 16.8 Å². The number of carbonyl (C=O) groups excluding carboxylic acids is 1. The molecule has 0 aliphatic heterocycles. The zero-order chi connectivity index (χ0) is 17.8. The van der Waals surface area contributed by atoms with Gasteiger partial charge in [0.25, 0.3) is 5.69 Å². The van der Waals surface area contributed by atoms with E-state index >= 15 is 0 Å². The first kappa shape index (κ1) is 18.4. The first-order chi connectivity index (χ1) is 10.5. The van der Waals surface area contributed by atoms with Gasteiger partial charge in [-0.1, -0.05) is 0 Å². The van der Waals surface area contributed by atoms with Crippen molar-refractivity contribution in [3.05, 3.63) is 33.4 Å². The number of aliphatic carboxylic acids is 1. The monoisotopic (exact) mass is 323 g/mol.